The van der Waals surface area contributed by atoms with E-state index in [0.717, 1.165) is 9.36 Å². The van der Waals surface area contributed by atoms with Gasteiger partial charge in [0.2, 0.25) is 5.88 Å². The Balaban J connectivity index is 2.14. The first-order valence-electron chi connectivity index (χ1n) is 7.42. The molecule has 0 radical (unpaired) electrons. The molecule has 142 valence electrons. The van der Waals surface area contributed by atoms with Gasteiger partial charge >= 0.3 is 12.1 Å². The van der Waals surface area contributed by atoms with Gasteiger partial charge in [-0.15, -0.1) is 5.10 Å². The third-order valence-electron chi connectivity index (χ3n) is 3.90. The topological polar surface area (TPSA) is 93.2 Å². The highest BCUT2D eigenvalue weighted by Gasteiger charge is 2.41. The van der Waals surface area contributed by atoms with Crippen molar-refractivity contribution in [1.82, 2.24) is 19.6 Å². The molecule has 0 saturated carbocycles. The van der Waals surface area contributed by atoms with Crippen LogP contribution in [-0.2, 0) is 13.2 Å². The van der Waals surface area contributed by atoms with E-state index in [9.17, 15) is 28.2 Å². The molecule has 0 amide bonds. The minimum atomic E-state index is -4.84. The number of hydrogen-bond donors (Lipinski definition) is 2. The lowest BCUT2D eigenvalue weighted by molar-refractivity contribution is -0.138. The lowest BCUT2D eigenvalue weighted by atomic mass is 10.0. The first-order chi connectivity index (χ1) is 12.5. The smallest absolute Gasteiger partial charge is 0.425 e. The Morgan fingerprint density at radius 1 is 1.26 bits per heavy atom. The molecule has 0 fully saturated rings. The van der Waals surface area contributed by atoms with Crippen LogP contribution in [0.15, 0.2) is 24.5 Å². The third-order valence-corrected chi connectivity index (χ3v) is 4.40. The number of alkyl halides is 3. The summed E-state index contributed by atoms with van der Waals surface area (Å²) < 4.78 is 41.5. The summed E-state index contributed by atoms with van der Waals surface area (Å²) in [5, 5.41) is 26.1. The van der Waals surface area contributed by atoms with Crippen LogP contribution < -0.4 is 0 Å². The third kappa shape index (κ3) is 3.23. The highest BCUT2D eigenvalue weighted by molar-refractivity contribution is 6.34. The van der Waals surface area contributed by atoms with Crippen molar-refractivity contribution < 1.29 is 28.2 Å². The zero-order valence-corrected chi connectivity index (χ0v) is 14.7. The molecule has 7 nitrogen and oxygen atoms in total. The maximum Gasteiger partial charge on any atom is 0.425 e. The van der Waals surface area contributed by atoms with E-state index in [0.29, 0.717) is 16.7 Å². The summed E-state index contributed by atoms with van der Waals surface area (Å²) in [5.74, 6) is -2.86. The van der Waals surface area contributed by atoms with Crippen LogP contribution >= 0.6 is 11.6 Å². The second kappa shape index (κ2) is 6.31. The summed E-state index contributed by atoms with van der Waals surface area (Å²) >= 11 is 5.98. The van der Waals surface area contributed by atoms with Gasteiger partial charge < -0.3 is 10.2 Å². The number of rotatable bonds is 3. The van der Waals surface area contributed by atoms with Gasteiger partial charge in [-0.25, -0.2) is 14.2 Å². The van der Waals surface area contributed by atoms with Crippen LogP contribution in [-0.4, -0.2) is 35.7 Å². The molecule has 0 spiro atoms. The Morgan fingerprint density at radius 2 is 1.93 bits per heavy atom. The van der Waals surface area contributed by atoms with Crippen LogP contribution in [0, 0.1) is 6.92 Å². The number of aryl methyl sites for hydroxylation is 2. The van der Waals surface area contributed by atoms with Gasteiger partial charge in [0.25, 0.3) is 0 Å². The number of halogens is 4. The lowest BCUT2D eigenvalue weighted by Gasteiger charge is -2.09. The van der Waals surface area contributed by atoms with Crippen molar-refractivity contribution in [3.05, 3.63) is 46.2 Å². The van der Waals surface area contributed by atoms with E-state index in [1.54, 1.807) is 13.0 Å². The average molecular weight is 401 g/mol. The molecule has 2 N–H and O–H groups in total. The summed E-state index contributed by atoms with van der Waals surface area (Å²) in [7, 11) is 1.24. The standard InChI is InChI=1S/C16H12ClF3N4O3/c1-7-3-8(4-10(12(7)17)15(26)27)9-5-21-24(6-9)14-11(16(18,19)20)13(25)22-23(14)2/h3-6H,1-2H3,(H,22,25)(H,26,27). The molecule has 11 heteroatoms. The van der Waals surface area contributed by atoms with Crippen LogP contribution in [0.5, 0.6) is 5.88 Å². The Morgan fingerprint density at radius 3 is 2.52 bits per heavy atom. The molecule has 2 aromatic heterocycles. The summed E-state index contributed by atoms with van der Waals surface area (Å²) in [6.45, 7) is 1.61. The van der Waals surface area contributed by atoms with Crippen LogP contribution in [0.3, 0.4) is 0 Å². The van der Waals surface area contributed by atoms with Crippen molar-refractivity contribution in [2.75, 3.05) is 0 Å². The highest BCUT2D eigenvalue weighted by Crippen LogP contribution is 2.39. The second-order valence-corrected chi connectivity index (χ2v) is 6.15. The molecule has 0 aliphatic heterocycles. The molecule has 2 heterocycles. The van der Waals surface area contributed by atoms with Gasteiger partial charge in [0, 0.05) is 18.8 Å². The zero-order valence-electron chi connectivity index (χ0n) is 13.9. The lowest BCUT2D eigenvalue weighted by Crippen LogP contribution is -2.12. The predicted octanol–water partition coefficient (Wildman–Crippen LogP) is 3.66. The fourth-order valence-corrected chi connectivity index (χ4v) is 2.89. The number of nitrogens with zero attached hydrogens (tertiary/aromatic N) is 4. The summed E-state index contributed by atoms with van der Waals surface area (Å²) in [5.41, 5.74) is -0.174. The van der Waals surface area contributed by atoms with Crippen molar-refractivity contribution >= 4 is 17.6 Å². The number of carboxylic acids is 1. The van der Waals surface area contributed by atoms with Gasteiger partial charge in [0.1, 0.15) is 0 Å². The second-order valence-electron chi connectivity index (χ2n) is 5.78. The van der Waals surface area contributed by atoms with E-state index in [2.05, 4.69) is 10.2 Å². The Hall–Kier alpha value is -3.01. The van der Waals surface area contributed by atoms with Gasteiger partial charge in [-0.05, 0) is 30.2 Å². The first kappa shape index (κ1) is 18.8. The maximum atomic E-state index is 13.2. The molecule has 3 aromatic rings. The highest BCUT2D eigenvalue weighted by atomic mass is 35.5. The molecule has 0 aliphatic carbocycles. The molecule has 0 atom stereocenters. The van der Waals surface area contributed by atoms with Gasteiger partial charge in [0.05, 0.1) is 16.8 Å². The zero-order chi connectivity index (χ0) is 20.1. The molecule has 0 saturated heterocycles. The molecular weight excluding hydrogens is 389 g/mol. The number of aromatic carboxylic acids is 1. The van der Waals surface area contributed by atoms with E-state index in [4.69, 9.17) is 11.6 Å². The van der Waals surface area contributed by atoms with E-state index < -0.39 is 29.4 Å². The van der Waals surface area contributed by atoms with Gasteiger partial charge in [-0.2, -0.15) is 18.3 Å². The van der Waals surface area contributed by atoms with E-state index in [-0.39, 0.29) is 10.6 Å². The Kier molecular flexibility index (Phi) is 4.38. The van der Waals surface area contributed by atoms with Crippen LogP contribution in [0.25, 0.3) is 16.9 Å². The predicted molar refractivity (Wildman–Crippen MR) is 89.1 cm³/mol. The van der Waals surface area contributed by atoms with Crippen LogP contribution in [0.1, 0.15) is 21.5 Å². The number of benzene rings is 1. The minimum Gasteiger partial charge on any atom is -0.492 e. The van der Waals surface area contributed by atoms with Crippen LogP contribution in [0.2, 0.25) is 5.02 Å². The summed E-state index contributed by atoms with van der Waals surface area (Å²) in [6, 6.07) is 2.91. The quantitative estimate of drug-likeness (QED) is 0.700. The summed E-state index contributed by atoms with van der Waals surface area (Å²) in [4.78, 5) is 11.3. The number of carboxylic acid groups (broad SMARTS) is 1. The van der Waals surface area contributed by atoms with Crippen LogP contribution in [0.4, 0.5) is 13.2 Å². The number of aromatic nitrogens is 4. The normalized spacial score (nSPS) is 11.8. The maximum absolute atomic E-state index is 13.2. The van der Waals surface area contributed by atoms with Crippen molar-refractivity contribution in [1.29, 1.82) is 0 Å². The largest absolute Gasteiger partial charge is 0.492 e. The minimum absolute atomic E-state index is 0.0783. The average Bonchev–Trinajstić information content (AvgIpc) is 3.12. The number of hydrogen-bond acceptors (Lipinski definition) is 4. The van der Waals surface area contributed by atoms with Crippen molar-refractivity contribution in [2.45, 2.75) is 13.1 Å². The van der Waals surface area contributed by atoms with E-state index in [1.807, 2.05) is 0 Å². The molecule has 0 bridgehead atoms. The van der Waals surface area contributed by atoms with Crippen molar-refractivity contribution in [3.8, 4) is 22.8 Å². The van der Waals surface area contributed by atoms with Gasteiger partial charge in [0.15, 0.2) is 11.4 Å². The molecule has 0 unspecified atom stereocenters. The fourth-order valence-electron chi connectivity index (χ4n) is 2.70. The molecule has 27 heavy (non-hydrogen) atoms. The monoisotopic (exact) mass is 400 g/mol. The van der Waals surface area contributed by atoms with Crippen molar-refractivity contribution in [2.24, 2.45) is 7.05 Å². The Bertz CT molecular complexity index is 1060. The molecule has 1 aromatic carbocycles. The fraction of sp³-hybridized carbons (Fsp3) is 0.188. The van der Waals surface area contributed by atoms with Gasteiger partial charge in [-0.3, -0.25) is 0 Å². The molecule has 3 rings (SSSR count). The van der Waals surface area contributed by atoms with E-state index in [1.165, 1.54) is 25.5 Å². The van der Waals surface area contributed by atoms with Crippen molar-refractivity contribution in [3.63, 3.8) is 0 Å². The SMILES string of the molecule is Cc1cc(-c2cnn(-c3c(C(F)(F)F)c(O)nn3C)c2)cc(C(=O)O)c1Cl. The number of carbonyl (C=O) groups is 1. The van der Waals surface area contributed by atoms with Gasteiger partial charge in [-0.1, -0.05) is 11.6 Å². The first-order valence-corrected chi connectivity index (χ1v) is 7.80. The Labute approximate surface area is 155 Å². The number of aromatic hydroxyl groups is 1. The summed E-state index contributed by atoms with van der Waals surface area (Å²) in [6.07, 6.45) is -2.29. The van der Waals surface area contributed by atoms with E-state index >= 15 is 0 Å². The molecular formula is C16H12ClF3N4O3. The molecule has 0 aliphatic rings.